The van der Waals surface area contributed by atoms with Crippen LogP contribution in [0.1, 0.15) is 12.5 Å². The number of hydrogen-bond acceptors (Lipinski definition) is 4. The number of aryl methyl sites for hydroxylation is 1. The smallest absolute Gasteiger partial charge is 0.324 e. The van der Waals surface area contributed by atoms with Crippen molar-refractivity contribution in [2.24, 2.45) is 0 Å². The Hall–Kier alpha value is -1.69. The summed E-state index contributed by atoms with van der Waals surface area (Å²) in [4.78, 5) is 24.1. The van der Waals surface area contributed by atoms with E-state index in [1.165, 1.54) is 11.8 Å². The lowest BCUT2D eigenvalue weighted by Gasteiger charge is -2.12. The molecule has 132 valence electrons. The van der Waals surface area contributed by atoms with E-state index < -0.39 is 11.2 Å². The van der Waals surface area contributed by atoms with Crippen molar-refractivity contribution in [3.63, 3.8) is 0 Å². The molecule has 0 unspecified atom stereocenters. The van der Waals surface area contributed by atoms with Crippen molar-refractivity contribution in [2.75, 3.05) is 11.1 Å². The standard InChI is InChI=1S/C18H17Cl2NO3S/c1-11-6-8-13(9-7-11)21-16(22)10-25-12(2)18(23)24-15-5-3-4-14(19)17(15)20/h3-9,12H,10H2,1-2H3,(H,21,22)/t12-/m0/s1. The molecule has 2 aromatic carbocycles. The number of carbonyl (C=O) groups is 2. The molecular weight excluding hydrogens is 381 g/mol. The average molecular weight is 398 g/mol. The Bertz CT molecular complexity index is 765. The van der Waals surface area contributed by atoms with Crippen molar-refractivity contribution in [1.82, 2.24) is 0 Å². The number of carbonyl (C=O) groups excluding carboxylic acids is 2. The Morgan fingerprint density at radius 3 is 2.52 bits per heavy atom. The second-order valence-electron chi connectivity index (χ2n) is 5.34. The zero-order valence-electron chi connectivity index (χ0n) is 13.7. The van der Waals surface area contributed by atoms with Gasteiger partial charge in [0.15, 0.2) is 5.75 Å². The molecule has 4 nitrogen and oxygen atoms in total. The highest BCUT2D eigenvalue weighted by Crippen LogP contribution is 2.32. The third kappa shape index (κ3) is 5.96. The molecule has 0 heterocycles. The zero-order chi connectivity index (χ0) is 18.4. The molecule has 25 heavy (non-hydrogen) atoms. The minimum Gasteiger partial charge on any atom is -0.424 e. The predicted molar refractivity (Wildman–Crippen MR) is 104 cm³/mol. The quantitative estimate of drug-likeness (QED) is 0.552. The van der Waals surface area contributed by atoms with Crippen LogP contribution in [0.5, 0.6) is 5.75 Å². The van der Waals surface area contributed by atoms with Gasteiger partial charge < -0.3 is 10.1 Å². The topological polar surface area (TPSA) is 55.4 Å². The van der Waals surface area contributed by atoms with Gasteiger partial charge in [0.05, 0.1) is 10.8 Å². The van der Waals surface area contributed by atoms with Crippen molar-refractivity contribution in [1.29, 1.82) is 0 Å². The number of hydrogen-bond donors (Lipinski definition) is 1. The molecule has 0 aromatic heterocycles. The third-order valence-corrected chi connectivity index (χ3v) is 5.18. The second kappa shape index (κ2) is 9.13. The van der Waals surface area contributed by atoms with E-state index in [0.717, 1.165) is 11.3 Å². The number of amides is 1. The van der Waals surface area contributed by atoms with Crippen LogP contribution in [0.15, 0.2) is 42.5 Å². The molecule has 1 N–H and O–H groups in total. The normalized spacial score (nSPS) is 11.7. The molecule has 0 radical (unpaired) electrons. The first-order chi connectivity index (χ1) is 11.9. The van der Waals surface area contributed by atoms with Gasteiger partial charge in [-0.05, 0) is 38.1 Å². The molecule has 0 saturated carbocycles. The number of nitrogens with one attached hydrogen (secondary N) is 1. The molecule has 7 heteroatoms. The van der Waals surface area contributed by atoms with Gasteiger partial charge in [0.25, 0.3) is 0 Å². The van der Waals surface area contributed by atoms with Gasteiger partial charge in [0.1, 0.15) is 10.3 Å². The van der Waals surface area contributed by atoms with Crippen LogP contribution in [0.3, 0.4) is 0 Å². The molecule has 0 aliphatic rings. The number of ether oxygens (including phenoxy) is 1. The second-order valence-corrected chi connectivity index (χ2v) is 7.45. The predicted octanol–water partition coefficient (Wildman–Crippen LogP) is 4.97. The van der Waals surface area contributed by atoms with Crippen LogP contribution in [0.2, 0.25) is 10.0 Å². The Kier molecular flexibility index (Phi) is 7.17. The lowest BCUT2D eigenvalue weighted by Crippen LogP contribution is -2.23. The number of rotatable bonds is 6. The fourth-order valence-electron chi connectivity index (χ4n) is 1.86. The van der Waals surface area contributed by atoms with Crippen LogP contribution in [0.4, 0.5) is 5.69 Å². The summed E-state index contributed by atoms with van der Waals surface area (Å²) in [6.45, 7) is 3.64. The molecule has 1 amide bonds. The number of esters is 1. The van der Waals surface area contributed by atoms with E-state index in [2.05, 4.69) is 5.32 Å². The SMILES string of the molecule is Cc1ccc(NC(=O)CS[C@@H](C)C(=O)Oc2cccc(Cl)c2Cl)cc1. The molecule has 0 spiro atoms. The summed E-state index contributed by atoms with van der Waals surface area (Å²) in [5.41, 5.74) is 1.83. The lowest BCUT2D eigenvalue weighted by molar-refractivity contribution is -0.133. The van der Waals surface area contributed by atoms with Gasteiger partial charge >= 0.3 is 5.97 Å². The minimum absolute atomic E-state index is 0.132. The van der Waals surface area contributed by atoms with Crippen molar-refractivity contribution in [3.05, 3.63) is 58.1 Å². The van der Waals surface area contributed by atoms with Gasteiger partial charge in [-0.3, -0.25) is 9.59 Å². The summed E-state index contributed by atoms with van der Waals surface area (Å²) in [6, 6.07) is 12.3. The van der Waals surface area contributed by atoms with E-state index in [1.54, 1.807) is 25.1 Å². The van der Waals surface area contributed by atoms with Gasteiger partial charge in [0.2, 0.25) is 5.91 Å². The van der Waals surface area contributed by atoms with Crippen LogP contribution >= 0.6 is 35.0 Å². The first kappa shape index (κ1) is 19.6. The van der Waals surface area contributed by atoms with Gasteiger partial charge in [-0.1, -0.05) is 47.0 Å². The molecular formula is C18H17Cl2NO3S. The van der Waals surface area contributed by atoms with E-state index in [-0.39, 0.29) is 22.4 Å². The highest BCUT2D eigenvalue weighted by atomic mass is 35.5. The van der Waals surface area contributed by atoms with Gasteiger partial charge in [-0.25, -0.2) is 0 Å². The largest absolute Gasteiger partial charge is 0.424 e. The maximum Gasteiger partial charge on any atom is 0.324 e. The Labute approximate surface area is 160 Å². The Morgan fingerprint density at radius 2 is 1.84 bits per heavy atom. The molecule has 0 aliphatic carbocycles. The monoisotopic (exact) mass is 397 g/mol. The first-order valence-electron chi connectivity index (χ1n) is 7.50. The fraction of sp³-hybridized carbons (Fsp3) is 0.222. The Balaban J connectivity index is 1.83. The Morgan fingerprint density at radius 1 is 1.16 bits per heavy atom. The maximum absolute atomic E-state index is 12.1. The highest BCUT2D eigenvalue weighted by Gasteiger charge is 2.19. The molecule has 0 aliphatic heterocycles. The lowest BCUT2D eigenvalue weighted by atomic mass is 10.2. The van der Waals surface area contributed by atoms with Gasteiger partial charge in [0, 0.05) is 5.69 Å². The number of benzene rings is 2. The van der Waals surface area contributed by atoms with Crippen molar-refractivity contribution >= 4 is 52.5 Å². The van der Waals surface area contributed by atoms with E-state index in [1.807, 2.05) is 31.2 Å². The van der Waals surface area contributed by atoms with Crippen molar-refractivity contribution in [2.45, 2.75) is 19.1 Å². The molecule has 1 atom stereocenters. The van der Waals surface area contributed by atoms with Crippen molar-refractivity contribution in [3.8, 4) is 5.75 Å². The summed E-state index contributed by atoms with van der Waals surface area (Å²) in [5.74, 6) is -0.338. The summed E-state index contributed by atoms with van der Waals surface area (Å²) in [7, 11) is 0. The number of thioether (sulfide) groups is 1. The zero-order valence-corrected chi connectivity index (χ0v) is 16.0. The molecule has 2 aromatic rings. The number of anilines is 1. The average Bonchev–Trinajstić information content (AvgIpc) is 2.58. The van der Waals surface area contributed by atoms with E-state index in [0.29, 0.717) is 5.02 Å². The fourth-order valence-corrected chi connectivity index (χ4v) is 2.85. The van der Waals surface area contributed by atoms with Gasteiger partial charge in [-0.15, -0.1) is 11.8 Å². The highest BCUT2D eigenvalue weighted by molar-refractivity contribution is 8.01. The van der Waals surface area contributed by atoms with Gasteiger partial charge in [-0.2, -0.15) is 0 Å². The third-order valence-electron chi connectivity index (χ3n) is 3.26. The summed E-state index contributed by atoms with van der Waals surface area (Å²) in [5, 5.41) is 2.75. The number of halogens is 2. The minimum atomic E-state index is -0.529. The summed E-state index contributed by atoms with van der Waals surface area (Å²) < 4.78 is 5.24. The summed E-state index contributed by atoms with van der Waals surface area (Å²) in [6.07, 6.45) is 0. The van der Waals surface area contributed by atoms with Crippen LogP contribution in [0.25, 0.3) is 0 Å². The maximum atomic E-state index is 12.1. The van der Waals surface area contributed by atoms with E-state index in [4.69, 9.17) is 27.9 Å². The van der Waals surface area contributed by atoms with E-state index in [9.17, 15) is 9.59 Å². The summed E-state index contributed by atoms with van der Waals surface area (Å²) >= 11 is 13.1. The molecule has 0 bridgehead atoms. The van der Waals surface area contributed by atoms with Crippen molar-refractivity contribution < 1.29 is 14.3 Å². The van der Waals surface area contributed by atoms with Crippen LogP contribution in [-0.4, -0.2) is 22.9 Å². The van der Waals surface area contributed by atoms with Crippen LogP contribution in [-0.2, 0) is 9.59 Å². The first-order valence-corrected chi connectivity index (χ1v) is 9.31. The molecule has 0 fully saturated rings. The van der Waals surface area contributed by atoms with Crippen LogP contribution < -0.4 is 10.1 Å². The molecule has 2 rings (SSSR count). The van der Waals surface area contributed by atoms with Crippen LogP contribution in [0, 0.1) is 6.92 Å². The molecule has 0 saturated heterocycles. The van der Waals surface area contributed by atoms with E-state index >= 15 is 0 Å².